The highest BCUT2D eigenvalue weighted by atomic mass is 16.5. The quantitative estimate of drug-likeness (QED) is 0.789. The maximum Gasteiger partial charge on any atom is 0.122 e. The van der Waals surface area contributed by atoms with Gasteiger partial charge in [0.25, 0.3) is 0 Å². The third kappa shape index (κ3) is 2.70. The van der Waals surface area contributed by atoms with Crippen LogP contribution in [-0.2, 0) is 11.2 Å². The van der Waals surface area contributed by atoms with Gasteiger partial charge in [0.2, 0.25) is 0 Å². The maximum absolute atomic E-state index is 5.76. The zero-order valence-electron chi connectivity index (χ0n) is 8.82. The Morgan fingerprint density at radius 1 is 1.33 bits per heavy atom. The van der Waals surface area contributed by atoms with E-state index in [-0.39, 0.29) is 0 Å². The largest absolute Gasteiger partial charge is 0.493 e. The van der Waals surface area contributed by atoms with Gasteiger partial charge in [0.1, 0.15) is 5.75 Å². The Kier molecular flexibility index (Phi) is 3.59. The lowest BCUT2D eigenvalue weighted by Crippen LogP contribution is -2.32. The van der Waals surface area contributed by atoms with Gasteiger partial charge in [0.15, 0.2) is 0 Å². The van der Waals surface area contributed by atoms with Crippen LogP contribution in [0, 0.1) is 5.92 Å². The summed E-state index contributed by atoms with van der Waals surface area (Å²) in [5, 5.41) is 0. The van der Waals surface area contributed by atoms with Crippen LogP contribution in [0.15, 0.2) is 24.3 Å². The smallest absolute Gasteiger partial charge is 0.122 e. The fourth-order valence-electron chi connectivity index (χ4n) is 1.60. The molecule has 1 aliphatic heterocycles. The van der Waals surface area contributed by atoms with Crippen LogP contribution in [-0.4, -0.2) is 26.4 Å². The van der Waals surface area contributed by atoms with Crippen molar-refractivity contribution in [2.75, 3.05) is 26.4 Å². The zero-order valence-corrected chi connectivity index (χ0v) is 8.82. The van der Waals surface area contributed by atoms with Crippen molar-refractivity contribution in [3.63, 3.8) is 0 Å². The molecular formula is C12H17NO2. The highest BCUT2D eigenvalue weighted by Crippen LogP contribution is 2.20. The number of nitrogens with two attached hydrogens (primary N) is 1. The van der Waals surface area contributed by atoms with E-state index >= 15 is 0 Å². The minimum atomic E-state index is 0.566. The second-order valence-electron chi connectivity index (χ2n) is 3.86. The Morgan fingerprint density at radius 2 is 2.13 bits per heavy atom. The summed E-state index contributed by atoms with van der Waals surface area (Å²) in [7, 11) is 0. The molecule has 2 rings (SSSR count). The standard InChI is InChI=1S/C12H17NO2/c13-6-5-11-3-1-2-4-12(11)15-9-10-7-14-8-10/h1-4,10H,5-9,13H2. The summed E-state index contributed by atoms with van der Waals surface area (Å²) < 4.78 is 10.9. The van der Waals surface area contributed by atoms with Crippen molar-refractivity contribution in [3.05, 3.63) is 29.8 Å². The first-order valence-electron chi connectivity index (χ1n) is 5.38. The number of para-hydroxylation sites is 1. The van der Waals surface area contributed by atoms with Crippen molar-refractivity contribution in [1.29, 1.82) is 0 Å². The minimum absolute atomic E-state index is 0.566. The molecule has 0 aliphatic carbocycles. The molecule has 1 saturated heterocycles. The van der Waals surface area contributed by atoms with Crippen molar-refractivity contribution in [1.82, 2.24) is 0 Å². The number of rotatable bonds is 5. The Hall–Kier alpha value is -1.06. The van der Waals surface area contributed by atoms with Crippen molar-refractivity contribution < 1.29 is 9.47 Å². The van der Waals surface area contributed by atoms with E-state index in [0.29, 0.717) is 12.5 Å². The highest BCUT2D eigenvalue weighted by Gasteiger charge is 2.19. The Labute approximate surface area is 90.2 Å². The van der Waals surface area contributed by atoms with Crippen LogP contribution in [0.4, 0.5) is 0 Å². The molecule has 1 aromatic carbocycles. The number of hydrogen-bond donors (Lipinski definition) is 1. The zero-order chi connectivity index (χ0) is 10.5. The van der Waals surface area contributed by atoms with Crippen molar-refractivity contribution in [3.8, 4) is 5.75 Å². The minimum Gasteiger partial charge on any atom is -0.493 e. The second kappa shape index (κ2) is 5.14. The van der Waals surface area contributed by atoms with Crippen molar-refractivity contribution in [2.45, 2.75) is 6.42 Å². The molecule has 0 saturated carbocycles. The summed E-state index contributed by atoms with van der Waals surface area (Å²) in [6.45, 7) is 3.08. The third-order valence-corrected chi connectivity index (χ3v) is 2.57. The lowest BCUT2D eigenvalue weighted by Gasteiger charge is -2.26. The highest BCUT2D eigenvalue weighted by molar-refractivity contribution is 5.33. The average Bonchev–Trinajstić information content (AvgIpc) is 2.18. The lowest BCUT2D eigenvalue weighted by molar-refractivity contribution is -0.0509. The molecule has 1 aromatic rings. The molecule has 0 aromatic heterocycles. The van der Waals surface area contributed by atoms with E-state index in [1.54, 1.807) is 0 Å². The SMILES string of the molecule is NCCc1ccccc1OCC1COC1. The molecule has 1 heterocycles. The van der Waals surface area contributed by atoms with E-state index in [2.05, 4.69) is 6.07 Å². The topological polar surface area (TPSA) is 44.5 Å². The fourth-order valence-corrected chi connectivity index (χ4v) is 1.60. The lowest BCUT2D eigenvalue weighted by atomic mass is 10.1. The summed E-state index contributed by atoms with van der Waals surface area (Å²) >= 11 is 0. The van der Waals surface area contributed by atoms with Crippen LogP contribution in [0.1, 0.15) is 5.56 Å². The van der Waals surface area contributed by atoms with E-state index in [1.165, 1.54) is 5.56 Å². The average molecular weight is 207 g/mol. The number of hydrogen-bond acceptors (Lipinski definition) is 3. The van der Waals surface area contributed by atoms with Crippen LogP contribution in [0.3, 0.4) is 0 Å². The van der Waals surface area contributed by atoms with Gasteiger partial charge >= 0.3 is 0 Å². The molecule has 3 heteroatoms. The van der Waals surface area contributed by atoms with Crippen LogP contribution in [0.25, 0.3) is 0 Å². The molecule has 2 N–H and O–H groups in total. The Bertz CT molecular complexity index is 310. The molecule has 82 valence electrons. The van der Waals surface area contributed by atoms with Gasteiger partial charge in [-0.1, -0.05) is 18.2 Å². The van der Waals surface area contributed by atoms with E-state index in [0.717, 1.165) is 32.0 Å². The van der Waals surface area contributed by atoms with Crippen LogP contribution in [0.5, 0.6) is 5.75 Å². The first-order chi connectivity index (χ1) is 7.40. The molecule has 0 spiro atoms. The predicted octanol–water partition coefficient (Wildman–Crippen LogP) is 1.21. The second-order valence-corrected chi connectivity index (χ2v) is 3.86. The summed E-state index contributed by atoms with van der Waals surface area (Å²) in [6, 6.07) is 8.08. The van der Waals surface area contributed by atoms with Gasteiger partial charge in [0.05, 0.1) is 19.8 Å². The molecule has 15 heavy (non-hydrogen) atoms. The van der Waals surface area contributed by atoms with E-state index in [4.69, 9.17) is 15.2 Å². The maximum atomic E-state index is 5.76. The van der Waals surface area contributed by atoms with Crippen molar-refractivity contribution in [2.24, 2.45) is 11.7 Å². The molecule has 0 amide bonds. The van der Waals surface area contributed by atoms with Crippen LogP contribution in [0.2, 0.25) is 0 Å². The monoisotopic (exact) mass is 207 g/mol. The molecule has 3 nitrogen and oxygen atoms in total. The normalized spacial score (nSPS) is 16.1. The molecule has 0 bridgehead atoms. The van der Waals surface area contributed by atoms with Gasteiger partial charge < -0.3 is 15.2 Å². The van der Waals surface area contributed by atoms with Gasteiger partial charge in [-0.3, -0.25) is 0 Å². The summed E-state index contributed by atoms with van der Waals surface area (Å²) in [6.07, 6.45) is 0.872. The van der Waals surface area contributed by atoms with Gasteiger partial charge in [-0.15, -0.1) is 0 Å². The fraction of sp³-hybridized carbons (Fsp3) is 0.500. The summed E-state index contributed by atoms with van der Waals surface area (Å²) in [5.74, 6) is 1.53. The van der Waals surface area contributed by atoms with Crippen molar-refractivity contribution >= 4 is 0 Å². The van der Waals surface area contributed by atoms with E-state index < -0.39 is 0 Å². The first-order valence-corrected chi connectivity index (χ1v) is 5.38. The molecule has 0 radical (unpaired) electrons. The number of ether oxygens (including phenoxy) is 2. The molecule has 1 aliphatic rings. The van der Waals surface area contributed by atoms with E-state index in [1.807, 2.05) is 18.2 Å². The van der Waals surface area contributed by atoms with Crippen LogP contribution < -0.4 is 10.5 Å². The molecular weight excluding hydrogens is 190 g/mol. The van der Waals surface area contributed by atoms with Gasteiger partial charge in [-0.25, -0.2) is 0 Å². The Morgan fingerprint density at radius 3 is 2.80 bits per heavy atom. The summed E-state index contributed by atoms with van der Waals surface area (Å²) in [4.78, 5) is 0. The predicted molar refractivity (Wildman–Crippen MR) is 59.0 cm³/mol. The third-order valence-electron chi connectivity index (χ3n) is 2.57. The molecule has 1 fully saturated rings. The summed E-state index contributed by atoms with van der Waals surface area (Å²) in [5.41, 5.74) is 6.74. The van der Waals surface area contributed by atoms with Crippen LogP contribution >= 0.6 is 0 Å². The van der Waals surface area contributed by atoms with E-state index in [9.17, 15) is 0 Å². The molecule has 0 unspecified atom stereocenters. The number of benzene rings is 1. The van der Waals surface area contributed by atoms with Gasteiger partial charge in [-0.2, -0.15) is 0 Å². The van der Waals surface area contributed by atoms with Gasteiger partial charge in [0, 0.05) is 5.92 Å². The van der Waals surface area contributed by atoms with Gasteiger partial charge in [-0.05, 0) is 24.6 Å². The molecule has 0 atom stereocenters. The Balaban J connectivity index is 1.92. The first kappa shape index (κ1) is 10.5.